The van der Waals surface area contributed by atoms with Gasteiger partial charge in [0, 0.05) is 0 Å². The maximum absolute atomic E-state index is 10.5. The molecular formula is C17H28O. The van der Waals surface area contributed by atoms with Gasteiger partial charge in [0.25, 0.3) is 0 Å². The average Bonchev–Trinajstić information content (AvgIpc) is 2.14. The molecule has 18 heavy (non-hydrogen) atoms. The van der Waals surface area contributed by atoms with Gasteiger partial charge in [0.05, 0.1) is 0 Å². The molecule has 0 spiro atoms. The zero-order chi connectivity index (χ0) is 14.3. The first-order valence-corrected chi connectivity index (χ1v) is 6.86. The molecule has 1 aromatic carbocycles. The summed E-state index contributed by atoms with van der Waals surface area (Å²) >= 11 is 0. The first-order valence-electron chi connectivity index (χ1n) is 6.86. The summed E-state index contributed by atoms with van der Waals surface area (Å²) < 4.78 is 0. The van der Waals surface area contributed by atoms with Crippen molar-refractivity contribution < 1.29 is 5.11 Å². The van der Waals surface area contributed by atoms with Crippen LogP contribution in [-0.4, -0.2) is 5.11 Å². The van der Waals surface area contributed by atoms with Crippen molar-refractivity contribution in [3.8, 4) is 5.75 Å². The summed E-state index contributed by atoms with van der Waals surface area (Å²) in [7, 11) is 0. The monoisotopic (exact) mass is 248 g/mol. The van der Waals surface area contributed by atoms with Gasteiger partial charge >= 0.3 is 0 Å². The van der Waals surface area contributed by atoms with Gasteiger partial charge in [-0.2, -0.15) is 0 Å². The van der Waals surface area contributed by atoms with Crippen LogP contribution in [0.25, 0.3) is 0 Å². The molecule has 102 valence electrons. The summed E-state index contributed by atoms with van der Waals surface area (Å²) in [5.41, 5.74) is 4.85. The summed E-state index contributed by atoms with van der Waals surface area (Å²) in [6, 6.07) is 2.20. The van der Waals surface area contributed by atoms with E-state index < -0.39 is 0 Å². The second kappa shape index (κ2) is 4.60. The molecule has 0 aliphatic carbocycles. The van der Waals surface area contributed by atoms with E-state index in [0.29, 0.717) is 5.75 Å². The molecule has 0 aliphatic rings. The molecule has 1 rings (SSSR count). The topological polar surface area (TPSA) is 20.2 Å². The standard InChI is InChI=1S/C17H28O/c1-9-12-11(2)13(16(3,4)5)10-14(15(12)18)17(6,7)8/h10,18H,9H2,1-8H3. The minimum Gasteiger partial charge on any atom is -0.507 e. The van der Waals surface area contributed by atoms with E-state index in [9.17, 15) is 5.11 Å². The van der Waals surface area contributed by atoms with Crippen LogP contribution in [0.15, 0.2) is 6.07 Å². The molecule has 0 saturated carbocycles. The zero-order valence-electron chi connectivity index (χ0n) is 13.2. The van der Waals surface area contributed by atoms with E-state index in [1.165, 1.54) is 11.1 Å². The second-order valence-electron chi connectivity index (χ2n) is 7.28. The SMILES string of the molecule is CCc1c(C)c(C(C)(C)C)cc(C(C)(C)C)c1O. The smallest absolute Gasteiger partial charge is 0.122 e. The van der Waals surface area contributed by atoms with Gasteiger partial charge in [0.1, 0.15) is 5.75 Å². The van der Waals surface area contributed by atoms with Gasteiger partial charge < -0.3 is 5.11 Å². The molecule has 1 nitrogen and oxygen atoms in total. The van der Waals surface area contributed by atoms with Gasteiger partial charge in [-0.15, -0.1) is 0 Å². The van der Waals surface area contributed by atoms with Crippen molar-refractivity contribution in [3.63, 3.8) is 0 Å². The van der Waals surface area contributed by atoms with Crippen LogP contribution in [0.5, 0.6) is 5.75 Å². The highest BCUT2D eigenvalue weighted by Gasteiger charge is 2.26. The van der Waals surface area contributed by atoms with E-state index in [1.807, 2.05) is 0 Å². The van der Waals surface area contributed by atoms with Crippen LogP contribution in [0.3, 0.4) is 0 Å². The maximum Gasteiger partial charge on any atom is 0.122 e. The van der Waals surface area contributed by atoms with Crippen LogP contribution >= 0.6 is 0 Å². The fourth-order valence-electron chi connectivity index (χ4n) is 2.61. The van der Waals surface area contributed by atoms with Crippen molar-refractivity contribution in [2.75, 3.05) is 0 Å². The second-order valence-corrected chi connectivity index (χ2v) is 7.28. The molecular weight excluding hydrogens is 220 g/mol. The molecule has 0 unspecified atom stereocenters. The Labute approximate surface area is 112 Å². The van der Waals surface area contributed by atoms with Crippen molar-refractivity contribution in [2.45, 2.75) is 72.6 Å². The lowest BCUT2D eigenvalue weighted by Gasteiger charge is -2.29. The molecule has 0 radical (unpaired) electrons. The van der Waals surface area contributed by atoms with Crippen molar-refractivity contribution in [2.24, 2.45) is 0 Å². The van der Waals surface area contributed by atoms with Crippen molar-refractivity contribution >= 4 is 0 Å². The van der Waals surface area contributed by atoms with Crippen molar-refractivity contribution in [1.29, 1.82) is 0 Å². The number of phenols is 1. The van der Waals surface area contributed by atoms with E-state index in [-0.39, 0.29) is 10.8 Å². The molecule has 0 heterocycles. The van der Waals surface area contributed by atoms with Crippen LogP contribution in [-0.2, 0) is 17.3 Å². The maximum atomic E-state index is 10.5. The zero-order valence-corrected chi connectivity index (χ0v) is 13.2. The Bertz CT molecular complexity index is 404. The molecule has 1 N–H and O–H groups in total. The highest BCUT2D eigenvalue weighted by Crippen LogP contribution is 2.40. The summed E-state index contributed by atoms with van der Waals surface area (Å²) in [6.07, 6.45) is 0.880. The minimum atomic E-state index is -0.0261. The Hall–Kier alpha value is -0.980. The molecule has 0 amide bonds. The molecule has 0 aliphatic heterocycles. The number of phenolic OH excluding ortho intramolecular Hbond substituents is 1. The summed E-state index contributed by atoms with van der Waals surface area (Å²) in [5, 5.41) is 10.5. The highest BCUT2D eigenvalue weighted by atomic mass is 16.3. The number of benzene rings is 1. The third-order valence-electron chi connectivity index (χ3n) is 3.66. The van der Waals surface area contributed by atoms with Crippen LogP contribution in [0.2, 0.25) is 0 Å². The summed E-state index contributed by atoms with van der Waals surface area (Å²) in [5.74, 6) is 0.496. The lowest BCUT2D eigenvalue weighted by molar-refractivity contribution is 0.437. The number of rotatable bonds is 1. The van der Waals surface area contributed by atoms with Gasteiger partial charge in [0.15, 0.2) is 0 Å². The van der Waals surface area contributed by atoms with Gasteiger partial charge in [-0.05, 0) is 46.4 Å². The lowest BCUT2D eigenvalue weighted by Crippen LogP contribution is -2.19. The minimum absolute atomic E-state index is 0.0261. The fourth-order valence-corrected chi connectivity index (χ4v) is 2.61. The van der Waals surface area contributed by atoms with Crippen LogP contribution in [0, 0.1) is 6.92 Å². The van der Waals surface area contributed by atoms with Gasteiger partial charge in [-0.25, -0.2) is 0 Å². The normalized spacial score (nSPS) is 12.9. The van der Waals surface area contributed by atoms with Crippen LogP contribution in [0.4, 0.5) is 0 Å². The predicted molar refractivity (Wildman–Crippen MR) is 79.6 cm³/mol. The number of hydrogen-bond donors (Lipinski definition) is 1. The lowest BCUT2D eigenvalue weighted by atomic mass is 9.76. The summed E-state index contributed by atoms with van der Waals surface area (Å²) in [6.45, 7) is 17.4. The largest absolute Gasteiger partial charge is 0.507 e. The van der Waals surface area contributed by atoms with Gasteiger partial charge in [-0.1, -0.05) is 54.5 Å². The fraction of sp³-hybridized carbons (Fsp3) is 0.647. The van der Waals surface area contributed by atoms with Crippen LogP contribution < -0.4 is 0 Å². The average molecular weight is 248 g/mol. The highest BCUT2D eigenvalue weighted by molar-refractivity contribution is 5.53. The van der Waals surface area contributed by atoms with E-state index in [2.05, 4.69) is 61.5 Å². The quantitative estimate of drug-likeness (QED) is 0.752. The Morgan fingerprint density at radius 3 is 1.72 bits per heavy atom. The van der Waals surface area contributed by atoms with Crippen molar-refractivity contribution in [3.05, 3.63) is 28.3 Å². The van der Waals surface area contributed by atoms with Gasteiger partial charge in [0.2, 0.25) is 0 Å². The van der Waals surface area contributed by atoms with E-state index in [0.717, 1.165) is 17.5 Å². The molecule has 0 saturated heterocycles. The molecule has 0 aromatic heterocycles. The van der Waals surface area contributed by atoms with E-state index in [4.69, 9.17) is 0 Å². The third kappa shape index (κ3) is 2.71. The Balaban J connectivity index is 3.68. The number of hydrogen-bond acceptors (Lipinski definition) is 1. The van der Waals surface area contributed by atoms with Gasteiger partial charge in [-0.3, -0.25) is 0 Å². The van der Waals surface area contributed by atoms with E-state index >= 15 is 0 Å². The van der Waals surface area contributed by atoms with Crippen molar-refractivity contribution in [1.82, 2.24) is 0 Å². The predicted octanol–water partition coefficient (Wildman–Crippen LogP) is 4.86. The Kier molecular flexibility index (Phi) is 3.86. The molecule has 1 aromatic rings. The molecule has 1 heteroatoms. The first-order chi connectivity index (χ1) is 8.00. The van der Waals surface area contributed by atoms with E-state index in [1.54, 1.807) is 0 Å². The van der Waals surface area contributed by atoms with Crippen LogP contribution in [0.1, 0.15) is 70.7 Å². The Morgan fingerprint density at radius 2 is 1.39 bits per heavy atom. The number of aromatic hydroxyl groups is 1. The Morgan fingerprint density at radius 1 is 0.944 bits per heavy atom. The summed E-state index contributed by atoms with van der Waals surface area (Å²) in [4.78, 5) is 0. The third-order valence-corrected chi connectivity index (χ3v) is 3.66. The molecule has 0 bridgehead atoms. The molecule has 0 atom stereocenters. The molecule has 0 fully saturated rings. The first kappa shape index (κ1) is 15.1.